The van der Waals surface area contributed by atoms with E-state index in [1.54, 1.807) is 48.5 Å². The Kier molecular flexibility index (Phi) is 5.29. The molecule has 1 aliphatic rings. The van der Waals surface area contributed by atoms with Crippen LogP contribution in [0.1, 0.15) is 11.1 Å². The number of aryl methyl sites for hydroxylation is 1. The minimum Gasteiger partial charge on any atom is -0.495 e. The molecule has 0 saturated carbocycles. The number of benzene rings is 3. The number of nitrogens with zero attached hydrogens (tertiary/aromatic N) is 1. The fourth-order valence-electron chi connectivity index (χ4n) is 3.43. The first kappa shape index (κ1) is 19.7. The van der Waals surface area contributed by atoms with Crippen LogP contribution in [0.3, 0.4) is 0 Å². The van der Waals surface area contributed by atoms with Gasteiger partial charge in [0, 0.05) is 10.7 Å². The van der Waals surface area contributed by atoms with E-state index in [1.165, 1.54) is 7.11 Å². The number of methoxy groups -OCH3 is 1. The standard InChI is InChI=1S/C24H19ClN2O3/c1-15-6-5-7-18(14-15)26-22-21(16-10-12-17(25)13-11-16)23(28)27(24(22)29)19-8-3-4-9-20(19)30-2/h3-14,26H,1-2H3. The SMILES string of the molecule is COc1ccccc1N1C(=O)C(Nc2cccc(C)c2)=C(c2ccc(Cl)cc2)C1=O. The molecule has 0 radical (unpaired) electrons. The van der Waals surface area contributed by atoms with E-state index in [1.807, 2.05) is 31.2 Å². The first-order valence-electron chi connectivity index (χ1n) is 9.35. The summed E-state index contributed by atoms with van der Waals surface area (Å²) in [6.45, 7) is 1.96. The van der Waals surface area contributed by atoms with Gasteiger partial charge in [-0.1, -0.05) is 48.0 Å². The molecule has 0 bridgehead atoms. The Labute approximate surface area is 179 Å². The second-order valence-electron chi connectivity index (χ2n) is 6.87. The first-order valence-corrected chi connectivity index (χ1v) is 9.73. The normalized spacial score (nSPS) is 13.8. The number of hydrogen-bond donors (Lipinski definition) is 1. The van der Waals surface area contributed by atoms with Gasteiger partial charge < -0.3 is 10.1 Å². The lowest BCUT2D eigenvalue weighted by Crippen LogP contribution is -2.32. The third kappa shape index (κ3) is 3.55. The number of halogens is 1. The van der Waals surface area contributed by atoms with Crippen molar-refractivity contribution in [3.8, 4) is 5.75 Å². The van der Waals surface area contributed by atoms with E-state index in [2.05, 4.69) is 5.32 Å². The van der Waals surface area contributed by atoms with Crippen LogP contribution in [-0.2, 0) is 9.59 Å². The maximum Gasteiger partial charge on any atom is 0.282 e. The summed E-state index contributed by atoms with van der Waals surface area (Å²) in [5, 5.41) is 3.70. The Bertz CT molecular complexity index is 1170. The molecule has 3 aromatic rings. The molecule has 0 saturated heterocycles. The van der Waals surface area contributed by atoms with Gasteiger partial charge in [-0.25, -0.2) is 4.90 Å². The van der Waals surface area contributed by atoms with Gasteiger partial charge in [0.25, 0.3) is 11.8 Å². The highest BCUT2D eigenvalue weighted by atomic mass is 35.5. The van der Waals surface area contributed by atoms with E-state index in [0.717, 1.165) is 16.2 Å². The molecule has 150 valence electrons. The smallest absolute Gasteiger partial charge is 0.282 e. The molecule has 3 aromatic carbocycles. The number of nitrogens with one attached hydrogen (secondary N) is 1. The number of amides is 2. The number of anilines is 2. The van der Waals surface area contributed by atoms with Crippen LogP contribution in [-0.4, -0.2) is 18.9 Å². The molecule has 0 unspecified atom stereocenters. The zero-order chi connectivity index (χ0) is 21.3. The van der Waals surface area contributed by atoms with Crippen LogP contribution in [0.4, 0.5) is 11.4 Å². The summed E-state index contributed by atoms with van der Waals surface area (Å²) in [6.07, 6.45) is 0. The highest BCUT2D eigenvalue weighted by Crippen LogP contribution is 2.37. The zero-order valence-electron chi connectivity index (χ0n) is 16.5. The van der Waals surface area contributed by atoms with Crippen molar-refractivity contribution in [1.82, 2.24) is 0 Å². The molecular formula is C24H19ClN2O3. The van der Waals surface area contributed by atoms with Crippen LogP contribution in [0, 0.1) is 6.92 Å². The topological polar surface area (TPSA) is 58.6 Å². The summed E-state index contributed by atoms with van der Waals surface area (Å²) in [6, 6.07) is 21.4. The van der Waals surface area contributed by atoms with E-state index in [4.69, 9.17) is 16.3 Å². The Morgan fingerprint density at radius 2 is 1.63 bits per heavy atom. The minimum absolute atomic E-state index is 0.207. The van der Waals surface area contributed by atoms with Crippen molar-refractivity contribution in [2.45, 2.75) is 6.92 Å². The van der Waals surface area contributed by atoms with Gasteiger partial charge in [-0.2, -0.15) is 0 Å². The van der Waals surface area contributed by atoms with Gasteiger partial charge in [0.1, 0.15) is 11.4 Å². The van der Waals surface area contributed by atoms with E-state index in [0.29, 0.717) is 22.0 Å². The fourth-order valence-corrected chi connectivity index (χ4v) is 3.56. The Morgan fingerprint density at radius 3 is 2.33 bits per heavy atom. The molecule has 1 aliphatic heterocycles. The lowest BCUT2D eigenvalue weighted by molar-refractivity contribution is -0.120. The predicted molar refractivity (Wildman–Crippen MR) is 119 cm³/mol. The number of para-hydroxylation sites is 2. The van der Waals surface area contributed by atoms with E-state index in [-0.39, 0.29) is 11.3 Å². The molecule has 4 rings (SSSR count). The number of ether oxygens (including phenoxy) is 1. The lowest BCUT2D eigenvalue weighted by Gasteiger charge is -2.18. The monoisotopic (exact) mass is 418 g/mol. The summed E-state index contributed by atoms with van der Waals surface area (Å²) in [5.41, 5.74) is 3.24. The van der Waals surface area contributed by atoms with Crippen molar-refractivity contribution in [2.75, 3.05) is 17.3 Å². The molecule has 1 N–H and O–H groups in total. The van der Waals surface area contributed by atoms with Crippen molar-refractivity contribution >= 4 is 40.4 Å². The summed E-state index contributed by atoms with van der Waals surface area (Å²) in [5.74, 6) is -0.440. The van der Waals surface area contributed by atoms with Crippen LogP contribution in [0.2, 0.25) is 5.02 Å². The molecule has 0 spiro atoms. The largest absolute Gasteiger partial charge is 0.495 e. The number of carbonyl (C=O) groups excluding carboxylic acids is 2. The van der Waals surface area contributed by atoms with Gasteiger partial charge in [0.15, 0.2) is 0 Å². The number of imide groups is 1. The van der Waals surface area contributed by atoms with Crippen LogP contribution in [0.15, 0.2) is 78.5 Å². The third-order valence-electron chi connectivity index (χ3n) is 4.83. The van der Waals surface area contributed by atoms with Gasteiger partial charge in [0.2, 0.25) is 0 Å². The number of hydrogen-bond acceptors (Lipinski definition) is 4. The van der Waals surface area contributed by atoms with Crippen molar-refractivity contribution in [1.29, 1.82) is 0 Å². The molecular weight excluding hydrogens is 400 g/mol. The second-order valence-corrected chi connectivity index (χ2v) is 7.31. The van der Waals surface area contributed by atoms with Crippen molar-refractivity contribution in [3.05, 3.63) is 94.6 Å². The minimum atomic E-state index is -0.448. The highest BCUT2D eigenvalue weighted by molar-refractivity contribution is 6.46. The maximum absolute atomic E-state index is 13.5. The highest BCUT2D eigenvalue weighted by Gasteiger charge is 2.41. The summed E-state index contributed by atoms with van der Waals surface area (Å²) in [7, 11) is 1.50. The second kappa shape index (κ2) is 8.05. The molecule has 0 atom stereocenters. The summed E-state index contributed by atoms with van der Waals surface area (Å²) >= 11 is 6.02. The number of rotatable bonds is 5. The van der Waals surface area contributed by atoms with Gasteiger partial charge >= 0.3 is 0 Å². The van der Waals surface area contributed by atoms with Crippen LogP contribution < -0.4 is 15.0 Å². The summed E-state index contributed by atoms with van der Waals surface area (Å²) in [4.78, 5) is 28.0. The molecule has 0 aromatic heterocycles. The predicted octanol–water partition coefficient (Wildman–Crippen LogP) is 5.05. The van der Waals surface area contributed by atoms with Crippen molar-refractivity contribution in [3.63, 3.8) is 0 Å². The average molecular weight is 419 g/mol. The van der Waals surface area contributed by atoms with Gasteiger partial charge in [-0.05, 0) is 54.4 Å². The number of carbonyl (C=O) groups is 2. The van der Waals surface area contributed by atoms with E-state index >= 15 is 0 Å². The molecule has 30 heavy (non-hydrogen) atoms. The van der Waals surface area contributed by atoms with Gasteiger partial charge in [0.05, 0.1) is 18.4 Å². The van der Waals surface area contributed by atoms with Gasteiger partial charge in [-0.3, -0.25) is 9.59 Å². The molecule has 0 fully saturated rings. The average Bonchev–Trinajstić information content (AvgIpc) is 2.98. The lowest BCUT2D eigenvalue weighted by atomic mass is 10.0. The molecule has 1 heterocycles. The Hall–Kier alpha value is -3.57. The Balaban J connectivity index is 1.85. The van der Waals surface area contributed by atoms with Crippen LogP contribution >= 0.6 is 11.6 Å². The summed E-state index contributed by atoms with van der Waals surface area (Å²) < 4.78 is 5.38. The van der Waals surface area contributed by atoms with Crippen molar-refractivity contribution < 1.29 is 14.3 Å². The van der Waals surface area contributed by atoms with Crippen molar-refractivity contribution in [2.24, 2.45) is 0 Å². The third-order valence-corrected chi connectivity index (χ3v) is 5.08. The van der Waals surface area contributed by atoms with E-state index < -0.39 is 11.8 Å². The molecule has 5 nitrogen and oxygen atoms in total. The van der Waals surface area contributed by atoms with Crippen LogP contribution in [0.5, 0.6) is 5.75 Å². The Morgan fingerprint density at radius 1 is 0.900 bits per heavy atom. The van der Waals surface area contributed by atoms with E-state index in [9.17, 15) is 9.59 Å². The quantitative estimate of drug-likeness (QED) is 0.589. The molecule has 0 aliphatic carbocycles. The first-order chi connectivity index (χ1) is 14.5. The van der Waals surface area contributed by atoms with Gasteiger partial charge in [-0.15, -0.1) is 0 Å². The maximum atomic E-state index is 13.5. The fraction of sp³-hybridized carbons (Fsp3) is 0.0833. The zero-order valence-corrected chi connectivity index (χ0v) is 17.2. The molecule has 2 amide bonds. The molecule has 6 heteroatoms. The van der Waals surface area contributed by atoms with Crippen LogP contribution in [0.25, 0.3) is 5.57 Å².